The van der Waals surface area contributed by atoms with Crippen LogP contribution in [0.2, 0.25) is 0 Å². The molecule has 1 aromatic carbocycles. The summed E-state index contributed by atoms with van der Waals surface area (Å²) in [7, 11) is 0. The summed E-state index contributed by atoms with van der Waals surface area (Å²) in [5.74, 6) is 0.472. The lowest BCUT2D eigenvalue weighted by atomic mass is 10.1. The van der Waals surface area contributed by atoms with Crippen LogP contribution in [0, 0.1) is 19.8 Å². The molecule has 31 heavy (non-hydrogen) atoms. The van der Waals surface area contributed by atoms with Crippen LogP contribution in [-0.2, 0) is 11.3 Å². The van der Waals surface area contributed by atoms with E-state index in [0.29, 0.717) is 38.3 Å². The predicted molar refractivity (Wildman–Crippen MR) is 118 cm³/mol. The SMILES string of the molecule is Cc1ccc(Cn2ncc3c(C(=O)N4CCN(C(=O)C5CC5)CC4)cc(C)nc32)cc1. The predicted octanol–water partition coefficient (Wildman–Crippen LogP) is 2.79. The number of carbonyl (C=O) groups excluding carboxylic acids is 2. The van der Waals surface area contributed by atoms with Crippen LogP contribution in [0.5, 0.6) is 0 Å². The van der Waals surface area contributed by atoms with E-state index in [-0.39, 0.29) is 17.7 Å². The van der Waals surface area contributed by atoms with Crippen LogP contribution in [0.25, 0.3) is 11.0 Å². The monoisotopic (exact) mass is 417 g/mol. The van der Waals surface area contributed by atoms with Crippen LogP contribution >= 0.6 is 0 Å². The van der Waals surface area contributed by atoms with Gasteiger partial charge >= 0.3 is 0 Å². The van der Waals surface area contributed by atoms with E-state index in [1.54, 1.807) is 6.20 Å². The van der Waals surface area contributed by atoms with Gasteiger partial charge in [0.05, 0.1) is 23.7 Å². The average molecular weight is 418 g/mol. The summed E-state index contributed by atoms with van der Waals surface area (Å²) in [5.41, 5.74) is 4.52. The number of benzene rings is 1. The third-order valence-corrected chi connectivity index (χ3v) is 6.23. The minimum Gasteiger partial charge on any atom is -0.339 e. The van der Waals surface area contributed by atoms with Crippen molar-refractivity contribution in [2.24, 2.45) is 5.92 Å². The number of amides is 2. The second-order valence-corrected chi connectivity index (χ2v) is 8.73. The lowest BCUT2D eigenvalue weighted by Crippen LogP contribution is -2.51. The highest BCUT2D eigenvalue weighted by molar-refractivity contribution is 6.05. The van der Waals surface area contributed by atoms with Gasteiger partial charge in [-0.15, -0.1) is 0 Å². The first-order valence-corrected chi connectivity index (χ1v) is 11.0. The Bertz CT molecular complexity index is 1140. The van der Waals surface area contributed by atoms with E-state index < -0.39 is 0 Å². The van der Waals surface area contributed by atoms with Gasteiger partial charge in [-0.2, -0.15) is 5.10 Å². The highest BCUT2D eigenvalue weighted by Gasteiger charge is 2.35. The minimum atomic E-state index is -0.0103. The van der Waals surface area contributed by atoms with Crippen LogP contribution in [-0.4, -0.2) is 62.6 Å². The fourth-order valence-electron chi connectivity index (χ4n) is 4.22. The number of aryl methyl sites for hydroxylation is 2. The van der Waals surface area contributed by atoms with Crippen molar-refractivity contribution in [3.8, 4) is 0 Å². The number of hydrogen-bond donors (Lipinski definition) is 0. The summed E-state index contributed by atoms with van der Waals surface area (Å²) in [6, 6.07) is 10.2. The van der Waals surface area contributed by atoms with Gasteiger partial charge in [-0.3, -0.25) is 9.59 Å². The van der Waals surface area contributed by atoms with Crippen molar-refractivity contribution in [2.45, 2.75) is 33.2 Å². The molecule has 2 aliphatic rings. The van der Waals surface area contributed by atoms with Crippen LogP contribution in [0.15, 0.2) is 36.5 Å². The summed E-state index contributed by atoms with van der Waals surface area (Å²) in [4.78, 5) is 34.1. The molecule has 0 bridgehead atoms. The molecule has 1 aliphatic carbocycles. The van der Waals surface area contributed by atoms with Gasteiger partial charge in [-0.1, -0.05) is 29.8 Å². The molecule has 1 aliphatic heterocycles. The first-order valence-electron chi connectivity index (χ1n) is 11.0. The molecule has 3 aromatic rings. The molecule has 5 rings (SSSR count). The number of hydrogen-bond acceptors (Lipinski definition) is 4. The van der Waals surface area contributed by atoms with Gasteiger partial charge < -0.3 is 9.80 Å². The molecule has 2 amide bonds. The lowest BCUT2D eigenvalue weighted by Gasteiger charge is -2.35. The zero-order valence-corrected chi connectivity index (χ0v) is 18.0. The molecule has 0 atom stereocenters. The molecule has 2 fully saturated rings. The van der Waals surface area contributed by atoms with Crippen molar-refractivity contribution in [1.82, 2.24) is 24.6 Å². The number of aromatic nitrogens is 3. The Kier molecular flexibility index (Phi) is 4.96. The zero-order valence-electron chi connectivity index (χ0n) is 18.0. The molecule has 3 heterocycles. The number of fused-ring (bicyclic) bond motifs is 1. The largest absolute Gasteiger partial charge is 0.339 e. The normalized spacial score (nSPS) is 16.7. The lowest BCUT2D eigenvalue weighted by molar-refractivity contribution is -0.134. The van der Waals surface area contributed by atoms with Crippen molar-refractivity contribution in [3.05, 3.63) is 58.9 Å². The number of rotatable bonds is 4. The second-order valence-electron chi connectivity index (χ2n) is 8.73. The Morgan fingerprint density at radius 2 is 1.68 bits per heavy atom. The van der Waals surface area contributed by atoms with Gasteiger partial charge in [0.2, 0.25) is 5.91 Å². The smallest absolute Gasteiger partial charge is 0.254 e. The second kappa shape index (κ2) is 7.80. The third-order valence-electron chi connectivity index (χ3n) is 6.23. The van der Waals surface area contributed by atoms with E-state index in [2.05, 4.69) is 41.3 Å². The molecular weight excluding hydrogens is 390 g/mol. The van der Waals surface area contributed by atoms with E-state index in [9.17, 15) is 9.59 Å². The van der Waals surface area contributed by atoms with E-state index in [0.717, 1.165) is 35.1 Å². The molecule has 0 unspecified atom stereocenters. The number of carbonyl (C=O) groups is 2. The van der Waals surface area contributed by atoms with E-state index in [1.807, 2.05) is 27.5 Å². The standard InChI is InChI=1S/C24H27N5O2/c1-16-3-5-18(6-4-16)15-29-22-21(14-25-29)20(13-17(2)26-22)24(31)28-11-9-27(10-12-28)23(30)19-7-8-19/h3-6,13-14,19H,7-12,15H2,1-2H3. The Labute approximate surface area is 181 Å². The summed E-state index contributed by atoms with van der Waals surface area (Å²) < 4.78 is 1.86. The van der Waals surface area contributed by atoms with Crippen LogP contribution in [0.3, 0.4) is 0 Å². The quantitative estimate of drug-likeness (QED) is 0.655. The molecule has 0 N–H and O–H groups in total. The Morgan fingerprint density at radius 3 is 2.35 bits per heavy atom. The molecule has 0 spiro atoms. The first kappa shape index (κ1) is 19.7. The topological polar surface area (TPSA) is 71.3 Å². The fraction of sp³-hybridized carbons (Fsp3) is 0.417. The maximum Gasteiger partial charge on any atom is 0.254 e. The maximum absolute atomic E-state index is 13.4. The van der Waals surface area contributed by atoms with Gasteiger partial charge in [-0.05, 0) is 38.3 Å². The third kappa shape index (κ3) is 3.92. The molecule has 1 saturated carbocycles. The van der Waals surface area contributed by atoms with Gasteiger partial charge in [-0.25, -0.2) is 9.67 Å². The molecule has 2 aromatic heterocycles. The van der Waals surface area contributed by atoms with Gasteiger partial charge in [0.1, 0.15) is 0 Å². The van der Waals surface area contributed by atoms with E-state index in [1.165, 1.54) is 5.56 Å². The van der Waals surface area contributed by atoms with Gasteiger partial charge in [0, 0.05) is 37.8 Å². The Morgan fingerprint density at radius 1 is 1.00 bits per heavy atom. The summed E-state index contributed by atoms with van der Waals surface area (Å²) in [5, 5.41) is 5.31. The van der Waals surface area contributed by atoms with Crippen LogP contribution < -0.4 is 0 Å². The van der Waals surface area contributed by atoms with Crippen molar-refractivity contribution < 1.29 is 9.59 Å². The maximum atomic E-state index is 13.4. The summed E-state index contributed by atoms with van der Waals surface area (Å²) >= 11 is 0. The number of nitrogens with zero attached hydrogens (tertiary/aromatic N) is 5. The van der Waals surface area contributed by atoms with E-state index in [4.69, 9.17) is 0 Å². The fourth-order valence-corrected chi connectivity index (χ4v) is 4.22. The van der Waals surface area contributed by atoms with Crippen molar-refractivity contribution in [2.75, 3.05) is 26.2 Å². The first-order chi connectivity index (χ1) is 15.0. The van der Waals surface area contributed by atoms with E-state index >= 15 is 0 Å². The van der Waals surface area contributed by atoms with Gasteiger partial charge in [0.15, 0.2) is 5.65 Å². The van der Waals surface area contributed by atoms with Crippen molar-refractivity contribution in [3.63, 3.8) is 0 Å². The summed E-state index contributed by atoms with van der Waals surface area (Å²) in [6.07, 6.45) is 3.77. The molecule has 7 nitrogen and oxygen atoms in total. The number of pyridine rings is 1. The average Bonchev–Trinajstić information content (AvgIpc) is 3.56. The highest BCUT2D eigenvalue weighted by atomic mass is 16.2. The highest BCUT2D eigenvalue weighted by Crippen LogP contribution is 2.31. The molecule has 0 radical (unpaired) electrons. The molecule has 7 heteroatoms. The molecule has 160 valence electrons. The van der Waals surface area contributed by atoms with Crippen molar-refractivity contribution in [1.29, 1.82) is 0 Å². The van der Waals surface area contributed by atoms with Crippen molar-refractivity contribution >= 4 is 22.8 Å². The number of piperazine rings is 1. The van der Waals surface area contributed by atoms with Crippen LogP contribution in [0.1, 0.15) is 40.0 Å². The molecular formula is C24H27N5O2. The van der Waals surface area contributed by atoms with Crippen LogP contribution in [0.4, 0.5) is 0 Å². The Hall–Kier alpha value is -3.22. The van der Waals surface area contributed by atoms with Gasteiger partial charge in [0.25, 0.3) is 5.91 Å². The Balaban J connectivity index is 1.37. The zero-order chi connectivity index (χ0) is 21.5. The minimum absolute atomic E-state index is 0.0103. The molecule has 1 saturated heterocycles. The summed E-state index contributed by atoms with van der Waals surface area (Å²) in [6.45, 7) is 6.94.